The van der Waals surface area contributed by atoms with E-state index in [0.29, 0.717) is 6.42 Å². The number of likely N-dealkylation sites (tertiary alicyclic amines) is 1. The second-order valence-electron chi connectivity index (χ2n) is 3.67. The topological polar surface area (TPSA) is 20.3 Å². The third-order valence-electron chi connectivity index (χ3n) is 2.12. The van der Waals surface area contributed by atoms with Crippen LogP contribution in [0, 0.1) is 0 Å². The molecule has 0 aromatic heterocycles. The lowest BCUT2D eigenvalue weighted by Crippen LogP contribution is -2.24. The highest BCUT2D eigenvalue weighted by molar-refractivity contribution is 5.77. The summed E-state index contributed by atoms with van der Waals surface area (Å²) in [5, 5.41) is 0. The van der Waals surface area contributed by atoms with Crippen molar-refractivity contribution in [2.75, 3.05) is 6.54 Å². The average molecular weight is 179 g/mol. The van der Waals surface area contributed by atoms with Gasteiger partial charge in [0.25, 0.3) is 0 Å². The Morgan fingerprint density at radius 2 is 2.15 bits per heavy atom. The molecule has 1 aliphatic rings. The zero-order valence-electron chi connectivity index (χ0n) is 8.47. The Bertz CT molecular complexity index is 245. The lowest BCUT2D eigenvalue weighted by molar-refractivity contribution is -0.128. The maximum Gasteiger partial charge on any atom is 0.226 e. The summed E-state index contributed by atoms with van der Waals surface area (Å²) in [5.74, 6) is 0.242. The lowest BCUT2D eigenvalue weighted by atomic mass is 10.2. The van der Waals surface area contributed by atoms with E-state index >= 15 is 0 Å². The van der Waals surface area contributed by atoms with Gasteiger partial charge < -0.3 is 4.90 Å². The van der Waals surface area contributed by atoms with Crippen LogP contribution in [0.1, 0.15) is 39.5 Å². The van der Waals surface area contributed by atoms with Crippen LogP contribution in [0.25, 0.3) is 0 Å². The van der Waals surface area contributed by atoms with Crippen LogP contribution in [0.5, 0.6) is 0 Å². The van der Waals surface area contributed by atoms with E-state index in [1.807, 2.05) is 13.8 Å². The first-order valence-corrected chi connectivity index (χ1v) is 4.89. The van der Waals surface area contributed by atoms with Crippen LogP contribution >= 0.6 is 0 Å². The van der Waals surface area contributed by atoms with Gasteiger partial charge in [0, 0.05) is 19.2 Å². The number of nitrogens with zero attached hydrogens (tertiary/aromatic N) is 1. The van der Waals surface area contributed by atoms with E-state index in [4.69, 9.17) is 0 Å². The largest absolute Gasteiger partial charge is 0.312 e. The third-order valence-corrected chi connectivity index (χ3v) is 2.12. The van der Waals surface area contributed by atoms with Gasteiger partial charge >= 0.3 is 0 Å². The smallest absolute Gasteiger partial charge is 0.226 e. The SMILES string of the molecule is CC(C)=C=CN1CCCCCC1=O. The van der Waals surface area contributed by atoms with E-state index in [1.165, 1.54) is 6.42 Å². The molecule has 0 aliphatic carbocycles. The number of rotatable bonds is 1. The fourth-order valence-electron chi connectivity index (χ4n) is 1.35. The summed E-state index contributed by atoms with van der Waals surface area (Å²) >= 11 is 0. The maximum atomic E-state index is 11.5. The summed E-state index contributed by atoms with van der Waals surface area (Å²) < 4.78 is 0. The highest BCUT2D eigenvalue weighted by Gasteiger charge is 2.13. The van der Waals surface area contributed by atoms with Gasteiger partial charge in [-0.15, -0.1) is 5.73 Å². The van der Waals surface area contributed by atoms with E-state index in [-0.39, 0.29) is 5.91 Å². The molecule has 0 aromatic carbocycles. The van der Waals surface area contributed by atoms with E-state index in [2.05, 4.69) is 5.73 Å². The molecule has 0 atom stereocenters. The molecule has 2 nitrogen and oxygen atoms in total. The first kappa shape index (κ1) is 10.1. The van der Waals surface area contributed by atoms with Crippen molar-refractivity contribution in [3.05, 3.63) is 17.5 Å². The van der Waals surface area contributed by atoms with Crippen LogP contribution in [-0.4, -0.2) is 17.4 Å². The van der Waals surface area contributed by atoms with E-state index in [1.54, 1.807) is 11.1 Å². The molecular formula is C11H17NO. The zero-order chi connectivity index (χ0) is 9.68. The first-order valence-electron chi connectivity index (χ1n) is 4.89. The molecule has 72 valence electrons. The molecule has 1 heterocycles. The van der Waals surface area contributed by atoms with Gasteiger partial charge in [-0.1, -0.05) is 6.42 Å². The molecule has 1 saturated heterocycles. The fourth-order valence-corrected chi connectivity index (χ4v) is 1.35. The van der Waals surface area contributed by atoms with Crippen LogP contribution in [0.15, 0.2) is 17.5 Å². The van der Waals surface area contributed by atoms with Gasteiger partial charge in [0.05, 0.1) is 0 Å². The van der Waals surface area contributed by atoms with Gasteiger partial charge in [-0.2, -0.15) is 0 Å². The Labute approximate surface area is 79.9 Å². The van der Waals surface area contributed by atoms with Crippen molar-refractivity contribution in [3.8, 4) is 0 Å². The summed E-state index contributed by atoms with van der Waals surface area (Å²) in [7, 11) is 0. The predicted molar refractivity (Wildman–Crippen MR) is 53.1 cm³/mol. The van der Waals surface area contributed by atoms with Crippen LogP contribution in [0.2, 0.25) is 0 Å². The molecule has 13 heavy (non-hydrogen) atoms. The molecule has 1 fully saturated rings. The summed E-state index contributed by atoms with van der Waals surface area (Å²) in [4.78, 5) is 13.3. The maximum absolute atomic E-state index is 11.5. The summed E-state index contributed by atoms with van der Waals surface area (Å²) in [6.45, 7) is 4.83. The number of carbonyl (C=O) groups is 1. The number of allylic oxidation sites excluding steroid dienone is 1. The molecule has 1 rings (SSSR count). The monoisotopic (exact) mass is 179 g/mol. The first-order chi connectivity index (χ1) is 6.20. The molecule has 0 radical (unpaired) electrons. The summed E-state index contributed by atoms with van der Waals surface area (Å²) in [6, 6.07) is 0. The highest BCUT2D eigenvalue weighted by Crippen LogP contribution is 2.10. The summed E-state index contributed by atoms with van der Waals surface area (Å²) in [6.07, 6.45) is 5.82. The minimum atomic E-state index is 0.242. The van der Waals surface area contributed by atoms with Crippen molar-refractivity contribution in [2.45, 2.75) is 39.5 Å². The van der Waals surface area contributed by atoms with Crippen LogP contribution in [0.4, 0.5) is 0 Å². The standard InChI is InChI=1S/C11H17NO/c1-10(2)7-9-12-8-5-3-4-6-11(12)13/h9H,3-6,8H2,1-2H3. The molecule has 0 spiro atoms. The molecule has 0 saturated carbocycles. The van der Waals surface area contributed by atoms with Crippen molar-refractivity contribution < 1.29 is 4.79 Å². The van der Waals surface area contributed by atoms with Crippen molar-refractivity contribution in [1.82, 2.24) is 4.90 Å². The van der Waals surface area contributed by atoms with Gasteiger partial charge in [-0.25, -0.2) is 0 Å². The van der Waals surface area contributed by atoms with Gasteiger partial charge in [-0.05, 0) is 32.3 Å². The van der Waals surface area contributed by atoms with Gasteiger partial charge in [0.1, 0.15) is 0 Å². The number of hydrogen-bond donors (Lipinski definition) is 0. The van der Waals surface area contributed by atoms with Crippen molar-refractivity contribution in [2.24, 2.45) is 0 Å². The Balaban J connectivity index is 2.65. The number of hydrogen-bond acceptors (Lipinski definition) is 1. The third kappa shape index (κ3) is 3.47. The number of carbonyl (C=O) groups excluding carboxylic acids is 1. The molecular weight excluding hydrogens is 162 g/mol. The molecule has 1 aliphatic heterocycles. The second kappa shape index (κ2) is 4.88. The van der Waals surface area contributed by atoms with Crippen molar-refractivity contribution in [1.29, 1.82) is 0 Å². The van der Waals surface area contributed by atoms with Crippen LogP contribution < -0.4 is 0 Å². The minimum Gasteiger partial charge on any atom is -0.312 e. The van der Waals surface area contributed by atoms with Gasteiger partial charge in [0.2, 0.25) is 5.91 Å². The van der Waals surface area contributed by atoms with E-state index in [9.17, 15) is 4.79 Å². The molecule has 0 unspecified atom stereocenters. The van der Waals surface area contributed by atoms with E-state index < -0.39 is 0 Å². The Morgan fingerprint density at radius 3 is 2.85 bits per heavy atom. The average Bonchev–Trinajstić information content (AvgIpc) is 2.27. The van der Waals surface area contributed by atoms with Crippen LogP contribution in [-0.2, 0) is 4.79 Å². The van der Waals surface area contributed by atoms with Crippen LogP contribution in [0.3, 0.4) is 0 Å². The minimum absolute atomic E-state index is 0.242. The van der Waals surface area contributed by atoms with Gasteiger partial charge in [0.15, 0.2) is 0 Å². The predicted octanol–water partition coefficient (Wildman–Crippen LogP) is 2.47. The molecule has 0 aromatic rings. The van der Waals surface area contributed by atoms with Crippen molar-refractivity contribution >= 4 is 5.91 Å². The Morgan fingerprint density at radius 1 is 1.38 bits per heavy atom. The Hall–Kier alpha value is -1.01. The van der Waals surface area contributed by atoms with Gasteiger partial charge in [-0.3, -0.25) is 4.79 Å². The normalized spacial score (nSPS) is 17.7. The molecule has 0 N–H and O–H groups in total. The zero-order valence-corrected chi connectivity index (χ0v) is 8.47. The molecule has 2 heteroatoms. The Kier molecular flexibility index (Phi) is 3.78. The molecule has 0 bridgehead atoms. The van der Waals surface area contributed by atoms with E-state index in [0.717, 1.165) is 25.0 Å². The molecule has 1 amide bonds. The fraction of sp³-hybridized carbons (Fsp3) is 0.636. The van der Waals surface area contributed by atoms with Crippen molar-refractivity contribution in [3.63, 3.8) is 0 Å². The quantitative estimate of drug-likeness (QED) is 0.566. The lowest BCUT2D eigenvalue weighted by Gasteiger charge is -2.13. The highest BCUT2D eigenvalue weighted by atomic mass is 16.2. The summed E-state index contributed by atoms with van der Waals surface area (Å²) in [5.41, 5.74) is 4.18. The second-order valence-corrected chi connectivity index (χ2v) is 3.67. The number of amides is 1.